The van der Waals surface area contributed by atoms with Crippen LogP contribution in [0.25, 0.3) is 5.57 Å². The molecule has 1 aliphatic carbocycles. The van der Waals surface area contributed by atoms with Crippen LogP contribution in [-0.2, 0) is 4.79 Å². The molecule has 1 amide bonds. The predicted octanol–water partition coefficient (Wildman–Crippen LogP) is 7.23. The number of hydrogen-bond acceptors (Lipinski definition) is 3. The van der Waals surface area contributed by atoms with Crippen LogP contribution in [0.2, 0.25) is 10.0 Å². The second-order valence-corrected chi connectivity index (χ2v) is 9.43. The molecule has 6 heteroatoms. The van der Waals surface area contributed by atoms with Gasteiger partial charge in [-0.2, -0.15) is 0 Å². The number of aliphatic hydroxyl groups is 1. The summed E-state index contributed by atoms with van der Waals surface area (Å²) in [6.07, 6.45) is 4.88. The van der Waals surface area contributed by atoms with Gasteiger partial charge in [0.05, 0.1) is 15.7 Å². The molecule has 162 valence electrons. The number of allylic oxidation sites excluding steroid dienone is 3. The molecule has 1 aromatic carbocycles. The molecule has 1 N–H and O–H groups in total. The quantitative estimate of drug-likeness (QED) is 0.283. The zero-order chi connectivity index (χ0) is 22.8. The number of benzene rings is 1. The number of aliphatic imine (C=N–C) groups is 1. The van der Waals surface area contributed by atoms with Crippen molar-refractivity contribution in [2.45, 2.75) is 47.5 Å². The van der Waals surface area contributed by atoms with Crippen LogP contribution < -0.4 is 4.90 Å². The highest BCUT2D eigenvalue weighted by atomic mass is 35.5. The summed E-state index contributed by atoms with van der Waals surface area (Å²) in [5.41, 5.74) is 2.78. The fourth-order valence-corrected chi connectivity index (χ4v) is 3.74. The Labute approximate surface area is 189 Å². The lowest BCUT2D eigenvalue weighted by Gasteiger charge is -2.24. The summed E-state index contributed by atoms with van der Waals surface area (Å²) in [6.45, 7) is 13.5. The van der Waals surface area contributed by atoms with Gasteiger partial charge in [0.25, 0.3) is 0 Å². The SMILES string of the molecule is C=C\C=N/C(C(/O)=C(\C)c1ccc(Cl)c(N(C)C(=O)C2CC2)c1Cl)=C(\C)C(C)(C)C. The summed E-state index contributed by atoms with van der Waals surface area (Å²) in [5, 5.41) is 11.8. The molecule has 1 aliphatic rings. The minimum Gasteiger partial charge on any atom is -0.505 e. The normalized spacial score (nSPS) is 16.3. The second kappa shape index (κ2) is 9.40. The van der Waals surface area contributed by atoms with Crippen LogP contribution in [0.15, 0.2) is 46.8 Å². The minimum absolute atomic E-state index is 0.00143. The number of carbonyl (C=O) groups excluding carboxylic acids is 1. The van der Waals surface area contributed by atoms with Crippen molar-refractivity contribution in [1.29, 1.82) is 0 Å². The van der Waals surface area contributed by atoms with Crippen LogP contribution in [0.1, 0.15) is 53.0 Å². The molecule has 30 heavy (non-hydrogen) atoms. The van der Waals surface area contributed by atoms with E-state index in [9.17, 15) is 9.90 Å². The molecule has 0 radical (unpaired) electrons. The number of carbonyl (C=O) groups is 1. The molecule has 0 aliphatic heterocycles. The monoisotopic (exact) mass is 448 g/mol. The highest BCUT2D eigenvalue weighted by Gasteiger charge is 2.34. The number of rotatable bonds is 6. The Balaban J connectivity index is 2.65. The first-order valence-corrected chi connectivity index (χ1v) is 10.7. The third-order valence-electron chi connectivity index (χ3n) is 5.43. The van der Waals surface area contributed by atoms with Gasteiger partial charge in [0.15, 0.2) is 0 Å². The molecule has 0 saturated heterocycles. The van der Waals surface area contributed by atoms with Gasteiger partial charge in [0.1, 0.15) is 11.5 Å². The molecule has 0 heterocycles. The van der Waals surface area contributed by atoms with Crippen LogP contribution in [0, 0.1) is 11.3 Å². The molecule has 1 saturated carbocycles. The summed E-state index contributed by atoms with van der Waals surface area (Å²) < 4.78 is 0. The molecule has 0 bridgehead atoms. The molecule has 0 unspecified atom stereocenters. The van der Waals surface area contributed by atoms with Crippen LogP contribution in [-0.4, -0.2) is 24.3 Å². The fraction of sp³-hybridized carbons (Fsp3) is 0.417. The van der Waals surface area contributed by atoms with Gasteiger partial charge >= 0.3 is 0 Å². The number of aliphatic hydroxyl groups excluding tert-OH is 1. The Morgan fingerprint density at radius 2 is 1.87 bits per heavy atom. The summed E-state index contributed by atoms with van der Waals surface area (Å²) in [5.74, 6) is 0.0569. The van der Waals surface area contributed by atoms with E-state index in [1.165, 1.54) is 4.90 Å². The van der Waals surface area contributed by atoms with Crippen LogP contribution in [0.3, 0.4) is 0 Å². The van der Waals surface area contributed by atoms with Gasteiger partial charge in [0.2, 0.25) is 5.91 Å². The lowest BCUT2D eigenvalue weighted by Crippen LogP contribution is -2.28. The first-order chi connectivity index (χ1) is 13.9. The molecule has 0 spiro atoms. The van der Waals surface area contributed by atoms with E-state index in [2.05, 4.69) is 32.3 Å². The highest BCUT2D eigenvalue weighted by molar-refractivity contribution is 6.41. The minimum atomic E-state index is -0.200. The van der Waals surface area contributed by atoms with Crippen molar-refractivity contribution in [2.24, 2.45) is 16.3 Å². The van der Waals surface area contributed by atoms with Gasteiger partial charge in [-0.05, 0) is 43.7 Å². The number of halogens is 2. The predicted molar refractivity (Wildman–Crippen MR) is 129 cm³/mol. The van der Waals surface area contributed by atoms with Gasteiger partial charge in [-0.1, -0.05) is 62.7 Å². The highest BCUT2D eigenvalue weighted by Crippen LogP contribution is 2.42. The largest absolute Gasteiger partial charge is 0.505 e. The topological polar surface area (TPSA) is 52.9 Å². The standard InChI is InChI=1S/C24H30Cl2N2O2/c1-8-13-27-20(15(3)24(4,5)6)22(29)14(2)17-11-12-18(25)21(19(17)26)28(7)23(30)16-9-10-16/h8,11-13,16,29H,1,9-10H2,2-7H3/b20-15+,22-14-,27-13-. The molecule has 0 atom stereocenters. The zero-order valence-electron chi connectivity index (χ0n) is 18.5. The molecule has 1 aromatic rings. The lowest BCUT2D eigenvalue weighted by molar-refractivity contribution is -0.119. The maximum Gasteiger partial charge on any atom is 0.229 e. The van der Waals surface area contributed by atoms with E-state index in [1.807, 2.05) is 6.92 Å². The Morgan fingerprint density at radius 1 is 1.27 bits per heavy atom. The number of nitrogens with zero attached hydrogens (tertiary/aromatic N) is 2. The number of amides is 1. The van der Waals surface area contributed by atoms with Gasteiger partial charge in [-0.3, -0.25) is 9.79 Å². The van der Waals surface area contributed by atoms with Crippen molar-refractivity contribution in [1.82, 2.24) is 0 Å². The molecular formula is C24H30Cl2N2O2. The number of anilines is 1. The molecule has 1 fully saturated rings. The van der Waals surface area contributed by atoms with E-state index in [0.717, 1.165) is 18.4 Å². The molecule has 0 aromatic heterocycles. The third-order valence-corrected chi connectivity index (χ3v) is 6.12. The van der Waals surface area contributed by atoms with E-state index in [-0.39, 0.29) is 23.0 Å². The van der Waals surface area contributed by atoms with Crippen molar-refractivity contribution in [3.8, 4) is 0 Å². The molecule has 4 nitrogen and oxygen atoms in total. The van der Waals surface area contributed by atoms with E-state index in [1.54, 1.807) is 38.4 Å². The van der Waals surface area contributed by atoms with Gasteiger partial charge in [0, 0.05) is 30.3 Å². The summed E-state index contributed by atoms with van der Waals surface area (Å²) in [6, 6.07) is 3.44. The molecule has 2 rings (SSSR count). The van der Waals surface area contributed by atoms with Crippen molar-refractivity contribution < 1.29 is 9.90 Å². The van der Waals surface area contributed by atoms with Gasteiger partial charge in [-0.25, -0.2) is 0 Å². The smallest absolute Gasteiger partial charge is 0.229 e. The summed E-state index contributed by atoms with van der Waals surface area (Å²) in [7, 11) is 1.68. The maximum atomic E-state index is 12.6. The summed E-state index contributed by atoms with van der Waals surface area (Å²) >= 11 is 13.1. The van der Waals surface area contributed by atoms with Crippen LogP contribution in [0.4, 0.5) is 5.69 Å². The Hall–Kier alpha value is -2.04. The van der Waals surface area contributed by atoms with E-state index >= 15 is 0 Å². The zero-order valence-corrected chi connectivity index (χ0v) is 20.0. The van der Waals surface area contributed by atoms with Crippen LogP contribution >= 0.6 is 23.2 Å². The van der Waals surface area contributed by atoms with Crippen LogP contribution in [0.5, 0.6) is 0 Å². The number of hydrogen-bond donors (Lipinski definition) is 1. The van der Waals surface area contributed by atoms with E-state index < -0.39 is 0 Å². The van der Waals surface area contributed by atoms with Crippen molar-refractivity contribution in [3.05, 3.63) is 57.4 Å². The van der Waals surface area contributed by atoms with E-state index in [0.29, 0.717) is 32.6 Å². The summed E-state index contributed by atoms with van der Waals surface area (Å²) in [4.78, 5) is 18.5. The third kappa shape index (κ3) is 5.16. The second-order valence-electron chi connectivity index (χ2n) is 8.64. The first-order valence-electron chi connectivity index (χ1n) is 9.94. The Morgan fingerprint density at radius 3 is 2.37 bits per heavy atom. The van der Waals surface area contributed by atoms with Gasteiger partial charge < -0.3 is 10.0 Å². The average molecular weight is 449 g/mol. The maximum absolute atomic E-state index is 12.6. The van der Waals surface area contributed by atoms with Crippen molar-refractivity contribution >= 4 is 46.6 Å². The Kier molecular flexibility index (Phi) is 7.59. The molecular weight excluding hydrogens is 419 g/mol. The average Bonchev–Trinajstić information content (AvgIpc) is 3.51. The van der Waals surface area contributed by atoms with Crippen molar-refractivity contribution in [3.63, 3.8) is 0 Å². The van der Waals surface area contributed by atoms with Crippen molar-refractivity contribution in [2.75, 3.05) is 11.9 Å². The van der Waals surface area contributed by atoms with Gasteiger partial charge in [-0.15, -0.1) is 0 Å². The Bertz CT molecular complexity index is 949. The lowest BCUT2D eigenvalue weighted by atomic mass is 9.85. The first kappa shape index (κ1) is 24.2. The van der Waals surface area contributed by atoms with E-state index in [4.69, 9.17) is 23.2 Å². The fourth-order valence-electron chi connectivity index (χ4n) is 2.98.